The van der Waals surface area contributed by atoms with E-state index in [0.717, 1.165) is 45.7 Å². The van der Waals surface area contributed by atoms with E-state index in [-0.39, 0.29) is 5.95 Å². The van der Waals surface area contributed by atoms with Crippen LogP contribution >= 0.6 is 0 Å². The molecule has 1 aromatic heterocycles. The van der Waals surface area contributed by atoms with Crippen molar-refractivity contribution in [3.05, 3.63) is 5.89 Å². The number of hydrogen-bond donors (Lipinski definition) is 1. The van der Waals surface area contributed by atoms with Gasteiger partial charge in [-0.15, -0.1) is 0 Å². The minimum absolute atomic E-state index is 0.192. The van der Waals surface area contributed by atoms with Gasteiger partial charge in [0.1, 0.15) is 0 Å². The van der Waals surface area contributed by atoms with Gasteiger partial charge < -0.3 is 15.2 Å². The topological polar surface area (TPSA) is 68.2 Å². The van der Waals surface area contributed by atoms with Crippen molar-refractivity contribution in [3.63, 3.8) is 0 Å². The van der Waals surface area contributed by atoms with Crippen LogP contribution in [0.5, 0.6) is 0 Å². The molecule has 2 heterocycles. The van der Waals surface area contributed by atoms with E-state index in [0.29, 0.717) is 0 Å². The van der Waals surface area contributed by atoms with Gasteiger partial charge in [-0.25, -0.2) is 0 Å². The molecule has 1 saturated heterocycles. The zero-order valence-electron chi connectivity index (χ0n) is 10.7. The van der Waals surface area contributed by atoms with Gasteiger partial charge >= 0.3 is 6.18 Å². The zero-order valence-corrected chi connectivity index (χ0v) is 10.7. The molecular formula is C11H17F3N4O. The normalized spacial score (nSPS) is 21.0. The molecule has 1 aliphatic rings. The predicted octanol–water partition coefficient (Wildman–Crippen LogP) is 2.19. The standard InChI is InChI=1S/C11H17F3N4O/c1-10(15,11(12,13)14)8-16-9(17-19-8)18-6-4-2-3-5-7-18/h2-7,15H2,1H3. The molecule has 108 valence electrons. The molecule has 0 spiro atoms. The minimum Gasteiger partial charge on any atom is -0.338 e. The first-order valence-electron chi connectivity index (χ1n) is 6.27. The van der Waals surface area contributed by atoms with E-state index in [9.17, 15) is 13.2 Å². The van der Waals surface area contributed by atoms with Gasteiger partial charge in [0.2, 0.25) is 0 Å². The van der Waals surface area contributed by atoms with Crippen molar-refractivity contribution in [3.8, 4) is 0 Å². The third-order valence-electron chi connectivity index (χ3n) is 3.34. The zero-order chi connectivity index (χ0) is 14.1. The Kier molecular flexibility index (Phi) is 3.71. The fraction of sp³-hybridized carbons (Fsp3) is 0.818. The van der Waals surface area contributed by atoms with Crippen molar-refractivity contribution in [2.75, 3.05) is 18.0 Å². The van der Waals surface area contributed by atoms with Crippen LogP contribution in [0.4, 0.5) is 19.1 Å². The molecule has 0 radical (unpaired) electrons. The van der Waals surface area contributed by atoms with E-state index in [1.54, 1.807) is 0 Å². The molecule has 0 aliphatic carbocycles. The van der Waals surface area contributed by atoms with Crippen LogP contribution in [-0.4, -0.2) is 29.4 Å². The van der Waals surface area contributed by atoms with Crippen LogP contribution in [0, 0.1) is 0 Å². The molecule has 2 rings (SSSR count). The number of hydrogen-bond acceptors (Lipinski definition) is 5. The van der Waals surface area contributed by atoms with E-state index < -0.39 is 17.6 Å². The largest absolute Gasteiger partial charge is 0.415 e. The van der Waals surface area contributed by atoms with Crippen molar-refractivity contribution in [1.82, 2.24) is 10.1 Å². The first kappa shape index (κ1) is 14.1. The summed E-state index contributed by atoms with van der Waals surface area (Å²) in [6.07, 6.45) is -0.460. The number of rotatable bonds is 2. The summed E-state index contributed by atoms with van der Waals surface area (Å²) < 4.78 is 43.0. The maximum Gasteiger partial charge on any atom is 0.415 e. The third kappa shape index (κ3) is 2.83. The van der Waals surface area contributed by atoms with Gasteiger partial charge in [0.25, 0.3) is 11.8 Å². The van der Waals surface area contributed by atoms with Gasteiger partial charge in [0, 0.05) is 13.1 Å². The van der Waals surface area contributed by atoms with Crippen molar-refractivity contribution >= 4 is 5.95 Å². The van der Waals surface area contributed by atoms with Crippen LogP contribution in [0.3, 0.4) is 0 Å². The molecule has 1 atom stereocenters. The number of anilines is 1. The van der Waals surface area contributed by atoms with Gasteiger partial charge in [-0.05, 0) is 24.9 Å². The number of alkyl halides is 3. The summed E-state index contributed by atoms with van der Waals surface area (Å²) in [4.78, 5) is 5.66. The average molecular weight is 278 g/mol. The van der Waals surface area contributed by atoms with E-state index in [2.05, 4.69) is 10.1 Å². The Morgan fingerprint density at radius 3 is 2.26 bits per heavy atom. The number of aromatic nitrogens is 2. The molecule has 1 fully saturated rings. The molecular weight excluding hydrogens is 261 g/mol. The van der Waals surface area contributed by atoms with E-state index in [4.69, 9.17) is 10.3 Å². The summed E-state index contributed by atoms with van der Waals surface area (Å²) in [6.45, 7) is 2.28. The van der Waals surface area contributed by atoms with Gasteiger partial charge in [-0.3, -0.25) is 0 Å². The maximum absolute atomic E-state index is 12.8. The monoisotopic (exact) mass is 278 g/mol. The van der Waals surface area contributed by atoms with E-state index >= 15 is 0 Å². The molecule has 2 N–H and O–H groups in total. The molecule has 0 saturated carbocycles. The Bertz CT molecular complexity index is 422. The molecule has 5 nitrogen and oxygen atoms in total. The second-order valence-electron chi connectivity index (χ2n) is 5.00. The Balaban J connectivity index is 2.18. The maximum atomic E-state index is 12.8. The quantitative estimate of drug-likeness (QED) is 0.898. The smallest absolute Gasteiger partial charge is 0.338 e. The highest BCUT2D eigenvalue weighted by atomic mass is 19.4. The Morgan fingerprint density at radius 2 is 1.74 bits per heavy atom. The molecule has 0 aromatic carbocycles. The first-order chi connectivity index (χ1) is 8.82. The van der Waals surface area contributed by atoms with Gasteiger partial charge in [0.05, 0.1) is 0 Å². The van der Waals surface area contributed by atoms with Crippen molar-refractivity contribution < 1.29 is 17.7 Å². The lowest BCUT2D eigenvalue weighted by atomic mass is 10.0. The second kappa shape index (κ2) is 4.99. The second-order valence-corrected chi connectivity index (χ2v) is 5.00. The molecule has 8 heteroatoms. The summed E-state index contributed by atoms with van der Waals surface area (Å²) in [6, 6.07) is 0. The fourth-order valence-electron chi connectivity index (χ4n) is 1.95. The number of nitrogens with zero attached hydrogens (tertiary/aromatic N) is 3. The summed E-state index contributed by atoms with van der Waals surface area (Å²) in [7, 11) is 0. The van der Waals surface area contributed by atoms with Crippen molar-refractivity contribution in [1.29, 1.82) is 0 Å². The Labute approximate surface area is 108 Å². The van der Waals surface area contributed by atoms with Gasteiger partial charge in [0.15, 0.2) is 5.54 Å². The van der Waals surface area contributed by atoms with Crippen LogP contribution in [0.2, 0.25) is 0 Å². The molecule has 0 amide bonds. The van der Waals surface area contributed by atoms with Gasteiger partial charge in [-0.2, -0.15) is 18.2 Å². The molecule has 1 aromatic rings. The van der Waals surface area contributed by atoms with Crippen LogP contribution in [-0.2, 0) is 5.54 Å². The highest BCUT2D eigenvalue weighted by Crippen LogP contribution is 2.36. The highest BCUT2D eigenvalue weighted by molar-refractivity contribution is 5.29. The number of halogens is 3. The van der Waals surface area contributed by atoms with E-state index in [1.165, 1.54) is 0 Å². The van der Waals surface area contributed by atoms with Gasteiger partial charge in [-0.1, -0.05) is 12.8 Å². The highest BCUT2D eigenvalue weighted by Gasteiger charge is 2.53. The molecule has 19 heavy (non-hydrogen) atoms. The van der Waals surface area contributed by atoms with Crippen LogP contribution in [0.1, 0.15) is 38.5 Å². The average Bonchev–Trinajstić information content (AvgIpc) is 2.65. The Hall–Kier alpha value is -1.31. The van der Waals surface area contributed by atoms with Crippen LogP contribution in [0.15, 0.2) is 4.52 Å². The molecule has 0 bridgehead atoms. The van der Waals surface area contributed by atoms with Crippen LogP contribution in [0.25, 0.3) is 0 Å². The lowest BCUT2D eigenvalue weighted by Crippen LogP contribution is -2.48. The summed E-state index contributed by atoms with van der Waals surface area (Å²) >= 11 is 0. The minimum atomic E-state index is -4.63. The molecule has 1 unspecified atom stereocenters. The number of nitrogens with two attached hydrogens (primary N) is 1. The fourth-order valence-corrected chi connectivity index (χ4v) is 1.95. The van der Waals surface area contributed by atoms with Crippen molar-refractivity contribution in [2.24, 2.45) is 5.73 Å². The predicted molar refractivity (Wildman–Crippen MR) is 62.6 cm³/mol. The SMILES string of the molecule is CC(N)(c1nc(N2CCCCCC2)no1)C(F)(F)F. The summed E-state index contributed by atoms with van der Waals surface area (Å²) in [5.74, 6) is -0.405. The lowest BCUT2D eigenvalue weighted by Gasteiger charge is -2.23. The summed E-state index contributed by atoms with van der Waals surface area (Å²) in [5.41, 5.74) is 2.63. The lowest BCUT2D eigenvalue weighted by molar-refractivity contribution is -0.190. The Morgan fingerprint density at radius 1 is 1.16 bits per heavy atom. The first-order valence-corrected chi connectivity index (χ1v) is 6.27. The molecule has 1 aliphatic heterocycles. The van der Waals surface area contributed by atoms with Crippen molar-refractivity contribution in [2.45, 2.75) is 44.3 Å². The van der Waals surface area contributed by atoms with Crippen LogP contribution < -0.4 is 10.6 Å². The summed E-state index contributed by atoms with van der Waals surface area (Å²) in [5, 5.41) is 3.62. The third-order valence-corrected chi connectivity index (χ3v) is 3.34. The van der Waals surface area contributed by atoms with E-state index in [1.807, 2.05) is 4.90 Å².